The van der Waals surface area contributed by atoms with Gasteiger partial charge in [-0.25, -0.2) is 9.97 Å². The molecule has 0 atom stereocenters. The van der Waals surface area contributed by atoms with E-state index in [9.17, 15) is 0 Å². The van der Waals surface area contributed by atoms with Crippen molar-refractivity contribution in [2.45, 2.75) is 12.3 Å². The molecule has 1 aliphatic rings. The summed E-state index contributed by atoms with van der Waals surface area (Å²) < 4.78 is 2.61. The fraction of sp³-hybridized carbons (Fsp3) is 0.0370. The van der Waals surface area contributed by atoms with Crippen molar-refractivity contribution >= 4 is 31.5 Å². The first-order valence-corrected chi connectivity index (χ1v) is 20.3. The van der Waals surface area contributed by atoms with Gasteiger partial charge >= 0.3 is 0 Å². The third kappa shape index (κ3) is 5.54. The molecule has 0 radical (unpaired) electrons. The molecule has 0 N–H and O–H groups in total. The number of hydrogen-bond acceptors (Lipinski definition) is 3. The van der Waals surface area contributed by atoms with Crippen LogP contribution in [0.3, 0.4) is 0 Å². The molecule has 2 aromatic heterocycles. The Morgan fingerprint density at radius 2 is 0.947 bits per heavy atom. The molecule has 3 heteroatoms. The Kier molecular flexibility index (Phi) is 7.84. The van der Waals surface area contributed by atoms with Crippen LogP contribution in [0.15, 0.2) is 200 Å². The number of aromatic nitrogens is 2. The van der Waals surface area contributed by atoms with Crippen molar-refractivity contribution in [1.29, 1.82) is 0 Å². The molecule has 1 aliphatic carbocycles. The van der Waals surface area contributed by atoms with Crippen LogP contribution < -0.4 is 0 Å². The minimum absolute atomic E-state index is 0.242. The second-order valence-electron chi connectivity index (χ2n) is 15.1. The molecule has 268 valence electrons. The van der Waals surface area contributed by atoms with Crippen LogP contribution in [-0.2, 0) is 5.41 Å². The molecule has 0 saturated carbocycles. The highest BCUT2D eigenvalue weighted by Gasteiger charge is 2.40. The van der Waals surface area contributed by atoms with Gasteiger partial charge in [0.2, 0.25) is 0 Å². The van der Waals surface area contributed by atoms with Gasteiger partial charge in [-0.2, -0.15) is 0 Å². The standard InChI is InChI=1S/C54H36N2S/c1-54(47-23-10-7-19-42(47)43-20-8-11-24-48(43)54)40-17-13-16-38(32-40)35-26-28-36(29-27-35)49-34-50(56-53(55-49)37-14-3-2-4-15-37)44-21-6-5-18-41(44)39-30-31-52-46(33-39)45-22-9-12-25-51(45)57-52/h2-34H,1H3. The van der Waals surface area contributed by atoms with Gasteiger partial charge in [0.1, 0.15) is 0 Å². The summed E-state index contributed by atoms with van der Waals surface area (Å²) in [6.45, 7) is 2.37. The largest absolute Gasteiger partial charge is 0.228 e. The summed E-state index contributed by atoms with van der Waals surface area (Å²) >= 11 is 1.85. The van der Waals surface area contributed by atoms with E-state index in [0.717, 1.165) is 33.6 Å². The zero-order valence-corrected chi connectivity index (χ0v) is 32.2. The molecular formula is C54H36N2S. The van der Waals surface area contributed by atoms with E-state index in [1.165, 1.54) is 64.7 Å². The Balaban J connectivity index is 0.992. The summed E-state index contributed by atoms with van der Waals surface area (Å²) in [6.07, 6.45) is 0. The van der Waals surface area contributed by atoms with Crippen LogP contribution in [0.2, 0.25) is 0 Å². The number of rotatable bonds is 6. The van der Waals surface area contributed by atoms with E-state index in [1.807, 2.05) is 29.5 Å². The molecular weight excluding hydrogens is 709 g/mol. The number of hydrogen-bond donors (Lipinski definition) is 0. The topological polar surface area (TPSA) is 25.8 Å². The average Bonchev–Trinajstić information content (AvgIpc) is 3.79. The van der Waals surface area contributed by atoms with Crippen molar-refractivity contribution in [2.75, 3.05) is 0 Å². The van der Waals surface area contributed by atoms with Gasteiger partial charge in [0.15, 0.2) is 5.82 Å². The summed E-state index contributed by atoms with van der Waals surface area (Å²) in [6, 6.07) is 72.2. The smallest absolute Gasteiger partial charge is 0.160 e. The quantitative estimate of drug-likeness (QED) is 0.169. The number of nitrogens with zero attached hydrogens (tertiary/aromatic N) is 2. The SMILES string of the molecule is CC1(c2cccc(-c3ccc(-c4cc(-c5ccccc5-c5ccc6sc7ccccc7c6c5)nc(-c5ccccc5)n4)cc3)c2)c2ccccc2-c2ccccc21. The van der Waals surface area contributed by atoms with Gasteiger partial charge in [0, 0.05) is 42.3 Å². The zero-order chi connectivity index (χ0) is 37.9. The molecule has 8 aromatic carbocycles. The van der Waals surface area contributed by atoms with E-state index < -0.39 is 0 Å². The summed E-state index contributed by atoms with van der Waals surface area (Å²) in [5.74, 6) is 0.708. The maximum absolute atomic E-state index is 5.23. The molecule has 0 fully saturated rings. The molecule has 11 rings (SSSR count). The van der Waals surface area contributed by atoms with E-state index in [4.69, 9.17) is 9.97 Å². The Labute approximate surface area is 336 Å². The predicted molar refractivity (Wildman–Crippen MR) is 240 cm³/mol. The monoisotopic (exact) mass is 744 g/mol. The fourth-order valence-electron chi connectivity index (χ4n) is 8.91. The average molecular weight is 745 g/mol. The molecule has 10 aromatic rings. The lowest BCUT2D eigenvalue weighted by molar-refractivity contribution is 0.714. The first kappa shape index (κ1) is 33.4. The molecule has 0 amide bonds. The summed E-state index contributed by atoms with van der Waals surface area (Å²) in [5, 5.41) is 2.58. The Hall–Kier alpha value is -6.94. The first-order chi connectivity index (χ1) is 28.1. The summed E-state index contributed by atoms with van der Waals surface area (Å²) in [4.78, 5) is 10.4. The van der Waals surface area contributed by atoms with Gasteiger partial charge in [-0.05, 0) is 87.3 Å². The third-order valence-electron chi connectivity index (χ3n) is 11.8. The lowest BCUT2D eigenvalue weighted by Crippen LogP contribution is -2.22. The third-order valence-corrected chi connectivity index (χ3v) is 13.0. The summed E-state index contributed by atoms with van der Waals surface area (Å²) in [5.41, 5.74) is 16.0. The molecule has 0 bridgehead atoms. The maximum atomic E-state index is 5.23. The molecule has 57 heavy (non-hydrogen) atoms. The van der Waals surface area contributed by atoms with Crippen molar-refractivity contribution in [2.24, 2.45) is 0 Å². The van der Waals surface area contributed by atoms with Crippen LogP contribution in [0.5, 0.6) is 0 Å². The van der Waals surface area contributed by atoms with E-state index >= 15 is 0 Å². The van der Waals surface area contributed by atoms with Crippen molar-refractivity contribution in [3.8, 4) is 67.3 Å². The predicted octanol–water partition coefficient (Wildman–Crippen LogP) is 14.5. The van der Waals surface area contributed by atoms with E-state index in [0.29, 0.717) is 5.82 Å². The highest BCUT2D eigenvalue weighted by atomic mass is 32.1. The molecule has 2 heterocycles. The van der Waals surface area contributed by atoms with Gasteiger partial charge in [0.25, 0.3) is 0 Å². The molecule has 0 spiro atoms. The van der Waals surface area contributed by atoms with Crippen molar-refractivity contribution in [3.05, 3.63) is 217 Å². The summed E-state index contributed by atoms with van der Waals surface area (Å²) in [7, 11) is 0. The van der Waals surface area contributed by atoms with Crippen LogP contribution in [0.25, 0.3) is 87.5 Å². The van der Waals surface area contributed by atoms with Crippen molar-refractivity contribution in [3.63, 3.8) is 0 Å². The number of benzene rings is 8. The number of fused-ring (bicyclic) bond motifs is 6. The molecule has 0 unspecified atom stereocenters. The van der Waals surface area contributed by atoms with Gasteiger partial charge < -0.3 is 0 Å². The van der Waals surface area contributed by atoms with E-state index in [1.54, 1.807) is 0 Å². The lowest BCUT2D eigenvalue weighted by Gasteiger charge is -2.28. The zero-order valence-electron chi connectivity index (χ0n) is 31.4. The van der Waals surface area contributed by atoms with Crippen molar-refractivity contribution in [1.82, 2.24) is 9.97 Å². The fourth-order valence-corrected chi connectivity index (χ4v) is 9.99. The Morgan fingerprint density at radius 1 is 0.368 bits per heavy atom. The minimum atomic E-state index is -0.242. The van der Waals surface area contributed by atoms with Crippen molar-refractivity contribution < 1.29 is 0 Å². The number of thiophene rings is 1. The molecule has 0 aliphatic heterocycles. The van der Waals surface area contributed by atoms with Crippen LogP contribution in [0.4, 0.5) is 0 Å². The van der Waals surface area contributed by atoms with Crippen LogP contribution >= 0.6 is 11.3 Å². The molecule has 2 nitrogen and oxygen atoms in total. The highest BCUT2D eigenvalue weighted by molar-refractivity contribution is 7.25. The Bertz CT molecular complexity index is 3090. The van der Waals surface area contributed by atoms with Crippen LogP contribution in [-0.4, -0.2) is 9.97 Å². The maximum Gasteiger partial charge on any atom is 0.160 e. The van der Waals surface area contributed by atoms with Gasteiger partial charge in [0.05, 0.1) is 11.4 Å². The van der Waals surface area contributed by atoms with Gasteiger partial charge in [-0.15, -0.1) is 11.3 Å². The Morgan fingerprint density at radius 3 is 1.72 bits per heavy atom. The second kappa shape index (κ2) is 13.4. The second-order valence-corrected chi connectivity index (χ2v) is 16.1. The van der Waals surface area contributed by atoms with Gasteiger partial charge in [-0.1, -0.05) is 170 Å². The van der Waals surface area contributed by atoms with Crippen LogP contribution in [0, 0.1) is 0 Å². The molecule has 0 saturated heterocycles. The first-order valence-electron chi connectivity index (χ1n) is 19.5. The van der Waals surface area contributed by atoms with E-state index in [-0.39, 0.29) is 5.41 Å². The normalized spacial score (nSPS) is 12.8. The van der Waals surface area contributed by atoms with E-state index in [2.05, 4.69) is 189 Å². The van der Waals surface area contributed by atoms with Crippen LogP contribution in [0.1, 0.15) is 23.6 Å². The van der Waals surface area contributed by atoms with Gasteiger partial charge in [-0.3, -0.25) is 0 Å². The highest BCUT2D eigenvalue weighted by Crippen LogP contribution is 2.52. The lowest BCUT2D eigenvalue weighted by atomic mass is 9.74. The minimum Gasteiger partial charge on any atom is -0.228 e.